The maximum absolute atomic E-state index is 17.1. The number of thiazole rings is 1. The van der Waals surface area contributed by atoms with Crippen LogP contribution in [0.4, 0.5) is 10.2 Å². The number of ether oxygens (including phenoxy) is 3. The Morgan fingerprint density at radius 2 is 1.80 bits per heavy atom. The molecule has 0 unspecified atom stereocenters. The number of ketones is 1. The van der Waals surface area contributed by atoms with Gasteiger partial charge in [0.25, 0.3) is 5.67 Å². The summed E-state index contributed by atoms with van der Waals surface area (Å²) in [6.07, 6.45) is -2.62. The van der Waals surface area contributed by atoms with Crippen molar-refractivity contribution in [2.45, 2.75) is 188 Å². The standard InChI is InChI=1S/C50H76FN7O10S/c1-13-34(52)44(62)55-38-18-16-17-35(54-38)45-53-32(26-69-45)25-65-57-31-19-20-33-29(6)40(56-39(59)15-3)27(4)24-48(8,22-21-31)43(68-46-41(60)36(58(11)12)23-28(5)66-46)30(7)42(61)49(9,51)47(63)67-37(14-2)50(33,10)64/h16-18,26-30,33-34,36-37,41,43,46,60,64H,13-15,19-25,52H2,1-12H3,(H,54,55,62)/b56-40+,57-31+/t27-,28-,29-,30+,33-,34+,36+,37-,41-,43-,46+,48-,49+,50+/m1/s1. The second-order valence-electron chi connectivity index (χ2n) is 20.3. The Labute approximate surface area is 410 Å². The van der Waals surface area contributed by atoms with Crippen LogP contribution in [0.15, 0.2) is 33.7 Å². The van der Waals surface area contributed by atoms with Gasteiger partial charge in [0.05, 0.1) is 29.7 Å². The van der Waals surface area contributed by atoms with Crippen LogP contribution in [0.2, 0.25) is 0 Å². The minimum absolute atomic E-state index is 0.00802. The number of esters is 1. The van der Waals surface area contributed by atoms with E-state index in [0.717, 1.165) is 6.92 Å². The van der Waals surface area contributed by atoms with Gasteiger partial charge in [-0.25, -0.2) is 24.1 Å². The van der Waals surface area contributed by atoms with Crippen LogP contribution < -0.4 is 11.1 Å². The van der Waals surface area contributed by atoms with E-state index >= 15 is 4.39 Å². The third kappa shape index (κ3) is 13.1. The topological polar surface area (TPSA) is 237 Å². The number of nitrogens with one attached hydrogen (secondary N) is 1. The zero-order chi connectivity index (χ0) is 51.2. The number of aliphatic hydroxyl groups is 2. The van der Waals surface area contributed by atoms with Gasteiger partial charge in [-0.2, -0.15) is 0 Å². The summed E-state index contributed by atoms with van der Waals surface area (Å²) in [6.45, 7) is 16.8. The van der Waals surface area contributed by atoms with Crippen molar-refractivity contribution in [2.75, 3.05) is 19.4 Å². The molecule has 5 N–H and O–H groups in total. The molecule has 1 aliphatic carbocycles. The van der Waals surface area contributed by atoms with Gasteiger partial charge in [0.15, 0.2) is 18.7 Å². The molecular formula is C50H76FN7O10S. The number of alkyl halides is 1. The SMILES string of the molecule is CCC(=O)/N=C1\[C@H](C)C[C@@]2(C)CC/C(=N/OCc3csc(-c4cccc(NC(=O)[C@@H](N)CC)n4)n3)CC[C@H]([C@H]1C)[C@](C)(O)[C@@H](CC)OC(=O)[C@@](C)(F)C(=O)[C@H](C)[C@H]2O[C@@H]1O[C@H](C)C[C@H](N(C)C)[C@H]1O. The van der Waals surface area contributed by atoms with Crippen molar-refractivity contribution in [3.05, 3.63) is 29.3 Å². The fraction of sp³-hybridized carbons (Fsp3) is 0.720. The fourth-order valence-electron chi connectivity index (χ4n) is 10.4. The molecule has 17 nitrogen and oxygen atoms in total. The molecule has 2 aromatic rings. The predicted molar refractivity (Wildman–Crippen MR) is 262 cm³/mol. The van der Waals surface area contributed by atoms with Crippen molar-refractivity contribution in [3.8, 4) is 10.7 Å². The lowest BCUT2D eigenvalue weighted by molar-refractivity contribution is -0.287. The van der Waals surface area contributed by atoms with Gasteiger partial charge >= 0.3 is 5.97 Å². The molecule has 2 aromatic heterocycles. The zero-order valence-electron chi connectivity index (χ0n) is 42.5. The van der Waals surface area contributed by atoms with Crippen molar-refractivity contribution < 1.29 is 52.8 Å². The molecule has 5 rings (SSSR count). The molecule has 69 heavy (non-hydrogen) atoms. The predicted octanol–water partition coefficient (Wildman–Crippen LogP) is 6.82. The number of rotatable bonds is 12. The molecule has 3 aliphatic rings. The highest BCUT2D eigenvalue weighted by atomic mass is 32.1. The second-order valence-corrected chi connectivity index (χ2v) is 21.1. The van der Waals surface area contributed by atoms with Gasteiger partial charge in [0, 0.05) is 35.4 Å². The monoisotopic (exact) mass is 986 g/mol. The zero-order valence-corrected chi connectivity index (χ0v) is 43.3. The number of aromatic nitrogens is 2. The Balaban J connectivity index is 1.61. The first-order chi connectivity index (χ1) is 32.4. The third-order valence-corrected chi connectivity index (χ3v) is 15.5. The second kappa shape index (κ2) is 23.4. The number of hydrogen-bond acceptors (Lipinski definition) is 16. The number of nitrogens with zero attached hydrogens (tertiary/aromatic N) is 5. The largest absolute Gasteiger partial charge is 0.457 e. The van der Waals surface area contributed by atoms with Crippen LogP contribution in [0.25, 0.3) is 10.7 Å². The number of nitrogens with two attached hydrogens (primary N) is 1. The summed E-state index contributed by atoms with van der Waals surface area (Å²) in [6, 6.07) is 4.19. The molecule has 0 radical (unpaired) electrons. The first-order valence-electron chi connectivity index (χ1n) is 24.5. The maximum atomic E-state index is 17.1. The van der Waals surface area contributed by atoms with E-state index in [1.54, 1.807) is 39.0 Å². The highest BCUT2D eigenvalue weighted by Crippen LogP contribution is 2.47. The molecule has 2 amide bonds. The highest BCUT2D eigenvalue weighted by molar-refractivity contribution is 7.13. The lowest BCUT2D eigenvalue weighted by atomic mass is 9.65. The van der Waals surface area contributed by atoms with Gasteiger partial charge in [0.2, 0.25) is 11.8 Å². The van der Waals surface area contributed by atoms with Gasteiger partial charge < -0.3 is 45.2 Å². The number of cyclic esters (lactones) is 1. The van der Waals surface area contributed by atoms with Gasteiger partial charge in [0.1, 0.15) is 34.3 Å². The number of Topliss-reactive ketones (excluding diaryl/α,β-unsaturated/α-hetero) is 1. The van der Waals surface area contributed by atoms with Crippen LogP contribution >= 0.6 is 11.3 Å². The lowest BCUT2D eigenvalue weighted by Gasteiger charge is -2.48. The summed E-state index contributed by atoms with van der Waals surface area (Å²) in [5.74, 6) is -5.94. The number of halogens is 1. The van der Waals surface area contributed by atoms with Crippen LogP contribution in [-0.2, 0) is 44.8 Å². The van der Waals surface area contributed by atoms with Crippen molar-refractivity contribution in [1.82, 2.24) is 14.9 Å². The summed E-state index contributed by atoms with van der Waals surface area (Å²) >= 11 is 1.35. The van der Waals surface area contributed by atoms with Gasteiger partial charge in [-0.15, -0.1) is 11.3 Å². The Bertz CT molecular complexity index is 2180. The minimum atomic E-state index is -3.15. The highest BCUT2D eigenvalue weighted by Gasteiger charge is 2.56. The summed E-state index contributed by atoms with van der Waals surface area (Å²) < 4.78 is 36.1. The lowest BCUT2D eigenvalue weighted by Crippen LogP contribution is -2.59. The number of aliphatic imine (C=N–C) groups is 1. The molecule has 19 heteroatoms. The molecule has 4 heterocycles. The van der Waals surface area contributed by atoms with E-state index in [0.29, 0.717) is 52.9 Å². The number of oxime groups is 1. The van der Waals surface area contributed by atoms with E-state index in [4.69, 9.17) is 39.9 Å². The molecule has 1 saturated carbocycles. The molecule has 2 bridgehead atoms. The Kier molecular flexibility index (Phi) is 18.9. The number of fused-ring (bicyclic) bond motifs is 5. The smallest absolute Gasteiger partial charge is 0.351 e. The third-order valence-electron chi connectivity index (χ3n) is 14.6. The van der Waals surface area contributed by atoms with Crippen LogP contribution in [0, 0.1) is 29.1 Å². The molecule has 384 valence electrons. The molecule has 14 atom stereocenters. The van der Waals surface area contributed by atoms with E-state index in [2.05, 4.69) is 10.3 Å². The van der Waals surface area contributed by atoms with Gasteiger partial charge in [-0.05, 0) is 116 Å². The van der Waals surface area contributed by atoms with E-state index in [9.17, 15) is 29.4 Å². The quantitative estimate of drug-likeness (QED) is 0.0971. The minimum Gasteiger partial charge on any atom is -0.457 e. The van der Waals surface area contributed by atoms with Crippen LogP contribution in [0.5, 0.6) is 0 Å². The fourth-order valence-corrected chi connectivity index (χ4v) is 11.2. The number of carbonyl (C=O) groups is 4. The Morgan fingerprint density at radius 3 is 2.45 bits per heavy atom. The van der Waals surface area contributed by atoms with Crippen LogP contribution in [-0.4, -0.2) is 128 Å². The molecular weight excluding hydrogens is 910 g/mol. The number of anilines is 1. The maximum Gasteiger partial charge on any atom is 0.351 e. The number of hydrogen-bond donors (Lipinski definition) is 4. The van der Waals surface area contributed by atoms with Gasteiger partial charge in [-0.3, -0.25) is 14.4 Å². The van der Waals surface area contributed by atoms with Crippen molar-refractivity contribution in [3.63, 3.8) is 0 Å². The molecule has 0 aromatic carbocycles. The van der Waals surface area contributed by atoms with Crippen LogP contribution in [0.1, 0.15) is 133 Å². The van der Waals surface area contributed by atoms with Crippen LogP contribution in [0.3, 0.4) is 0 Å². The first kappa shape index (κ1) is 55.8. The molecule has 3 fully saturated rings. The molecule has 2 saturated heterocycles. The summed E-state index contributed by atoms with van der Waals surface area (Å²) in [4.78, 5) is 76.4. The average Bonchev–Trinajstić information content (AvgIpc) is 3.78. The number of carbonyl (C=O) groups excluding carboxylic acids is 4. The summed E-state index contributed by atoms with van der Waals surface area (Å²) in [5.41, 5.74) is 2.12. The number of pyridine rings is 1. The Morgan fingerprint density at radius 1 is 1.09 bits per heavy atom. The summed E-state index contributed by atoms with van der Waals surface area (Å²) in [7, 11) is 3.69. The molecule has 0 spiro atoms. The number of aliphatic hydroxyl groups excluding tert-OH is 1. The Hall–Kier alpha value is -4.11. The number of amides is 2. The van der Waals surface area contributed by atoms with E-state index < -0.39 is 82.8 Å². The first-order valence-corrected chi connectivity index (χ1v) is 25.4. The van der Waals surface area contributed by atoms with Gasteiger partial charge in [-0.1, -0.05) is 59.7 Å². The van der Waals surface area contributed by atoms with Crippen molar-refractivity contribution in [1.29, 1.82) is 0 Å². The normalized spacial score (nSPS) is 35.7. The van der Waals surface area contributed by atoms with E-state index in [1.807, 2.05) is 59.0 Å². The number of likely N-dealkylation sites (N-methyl/N-ethyl adjacent to an activating group) is 1. The van der Waals surface area contributed by atoms with Crippen molar-refractivity contribution in [2.24, 2.45) is 45.0 Å². The van der Waals surface area contributed by atoms with E-state index in [-0.39, 0.29) is 69.1 Å². The van der Waals surface area contributed by atoms with Crippen molar-refractivity contribution >= 4 is 52.1 Å². The van der Waals surface area contributed by atoms with E-state index in [1.165, 1.54) is 18.3 Å². The average molecular weight is 986 g/mol. The molecule has 2 aliphatic heterocycles. The summed E-state index contributed by atoms with van der Waals surface area (Å²) in [5, 5.41) is 34.3.